The largest absolute Gasteiger partial charge is 0.324 e. The van der Waals surface area contributed by atoms with E-state index in [1.54, 1.807) is 4.90 Å². The summed E-state index contributed by atoms with van der Waals surface area (Å²) < 4.78 is 0. The number of likely N-dealkylation sites (tertiary alicyclic amines) is 1. The van der Waals surface area contributed by atoms with Crippen LogP contribution in [0, 0.1) is 5.41 Å². The van der Waals surface area contributed by atoms with E-state index in [0.717, 1.165) is 25.8 Å². The molecule has 0 aromatic rings. The van der Waals surface area contributed by atoms with Gasteiger partial charge in [0, 0.05) is 25.4 Å². The molecule has 0 unspecified atom stereocenters. The lowest BCUT2D eigenvalue weighted by molar-refractivity contribution is -0.119. The minimum Gasteiger partial charge on any atom is -0.324 e. The number of nitrogens with zero attached hydrogens (tertiary/aromatic N) is 1. The molecule has 1 aliphatic rings. The monoisotopic (exact) mass is 260 g/mol. The molecule has 1 aliphatic heterocycles. The van der Waals surface area contributed by atoms with Gasteiger partial charge >= 0.3 is 6.03 Å². The Labute approximate surface area is 108 Å². The zero-order valence-electron chi connectivity index (χ0n) is 10.6. The van der Waals surface area contributed by atoms with Gasteiger partial charge in [-0.05, 0) is 24.7 Å². The topological polar surface area (TPSA) is 49.4 Å². The maximum Gasteiger partial charge on any atom is 0.324 e. The predicted molar refractivity (Wildman–Crippen MR) is 68.1 cm³/mol. The van der Waals surface area contributed by atoms with E-state index in [0.29, 0.717) is 6.54 Å². The van der Waals surface area contributed by atoms with E-state index < -0.39 is 0 Å². The van der Waals surface area contributed by atoms with Gasteiger partial charge in [-0.3, -0.25) is 10.1 Å². The van der Waals surface area contributed by atoms with Gasteiger partial charge in [-0.1, -0.05) is 13.8 Å². The summed E-state index contributed by atoms with van der Waals surface area (Å²) >= 11 is 5.44. The highest BCUT2D eigenvalue weighted by Crippen LogP contribution is 2.29. The molecule has 1 rings (SSSR count). The first-order chi connectivity index (χ1) is 7.94. The number of rotatable bonds is 2. The summed E-state index contributed by atoms with van der Waals surface area (Å²) in [6.07, 6.45) is 3.27. The molecule has 1 N–H and O–H groups in total. The second-order valence-corrected chi connectivity index (χ2v) is 5.68. The Morgan fingerprint density at radius 2 is 2.00 bits per heavy atom. The van der Waals surface area contributed by atoms with Gasteiger partial charge in [0.05, 0.1) is 0 Å². The lowest BCUT2D eigenvalue weighted by atomic mass is 9.85. The highest BCUT2D eigenvalue weighted by Gasteiger charge is 2.25. The van der Waals surface area contributed by atoms with Gasteiger partial charge < -0.3 is 4.90 Å². The van der Waals surface area contributed by atoms with Crippen molar-refractivity contribution in [1.82, 2.24) is 10.2 Å². The molecule has 0 aromatic heterocycles. The Bertz CT molecular complexity index is 292. The molecule has 0 aliphatic carbocycles. The first-order valence-corrected chi connectivity index (χ1v) is 6.63. The van der Waals surface area contributed by atoms with Gasteiger partial charge in [0.1, 0.15) is 0 Å². The van der Waals surface area contributed by atoms with Crippen LogP contribution in [0.3, 0.4) is 0 Å². The molecule has 1 fully saturated rings. The lowest BCUT2D eigenvalue weighted by Gasteiger charge is -2.23. The number of nitrogens with one attached hydrogen (secondary N) is 1. The molecule has 0 bridgehead atoms. The Kier molecular flexibility index (Phi) is 5.25. The van der Waals surface area contributed by atoms with Crippen LogP contribution >= 0.6 is 11.6 Å². The number of halogens is 1. The smallest absolute Gasteiger partial charge is 0.324 e. The third-order valence-electron chi connectivity index (χ3n) is 3.20. The van der Waals surface area contributed by atoms with Gasteiger partial charge in [0.25, 0.3) is 0 Å². The van der Waals surface area contributed by atoms with Crippen molar-refractivity contribution in [3.63, 3.8) is 0 Å². The Morgan fingerprint density at radius 3 is 2.65 bits per heavy atom. The first kappa shape index (κ1) is 14.3. The van der Waals surface area contributed by atoms with Crippen molar-refractivity contribution >= 4 is 23.5 Å². The fourth-order valence-corrected chi connectivity index (χ4v) is 2.14. The van der Waals surface area contributed by atoms with Crippen LogP contribution in [-0.4, -0.2) is 35.8 Å². The lowest BCUT2D eigenvalue weighted by Crippen LogP contribution is -2.43. The van der Waals surface area contributed by atoms with E-state index in [4.69, 9.17) is 11.6 Å². The van der Waals surface area contributed by atoms with Crippen LogP contribution in [0.1, 0.15) is 39.5 Å². The van der Waals surface area contributed by atoms with Crippen molar-refractivity contribution in [2.45, 2.75) is 39.5 Å². The van der Waals surface area contributed by atoms with Crippen LogP contribution in [0.5, 0.6) is 0 Å². The minimum atomic E-state index is -0.298. The highest BCUT2D eigenvalue weighted by atomic mass is 35.5. The van der Waals surface area contributed by atoms with Crippen molar-refractivity contribution in [2.24, 2.45) is 5.41 Å². The summed E-state index contributed by atoms with van der Waals surface area (Å²) in [5.74, 6) is -0.0555. The normalized spacial score (nSPS) is 19.6. The molecule has 17 heavy (non-hydrogen) atoms. The number of hydrogen-bond acceptors (Lipinski definition) is 2. The van der Waals surface area contributed by atoms with E-state index in [2.05, 4.69) is 19.2 Å². The van der Waals surface area contributed by atoms with Crippen molar-refractivity contribution in [3.8, 4) is 0 Å². The van der Waals surface area contributed by atoms with Gasteiger partial charge in [-0.25, -0.2) is 4.79 Å². The summed E-state index contributed by atoms with van der Waals surface area (Å²) in [7, 11) is 0. The van der Waals surface area contributed by atoms with Crippen LogP contribution < -0.4 is 5.32 Å². The molecule has 98 valence electrons. The van der Waals surface area contributed by atoms with Crippen LogP contribution in [0.4, 0.5) is 4.79 Å². The molecule has 0 radical (unpaired) electrons. The molecule has 1 heterocycles. The minimum absolute atomic E-state index is 0.187. The quantitative estimate of drug-likeness (QED) is 0.775. The fourth-order valence-electron chi connectivity index (χ4n) is 1.97. The zero-order chi connectivity index (χ0) is 12.9. The van der Waals surface area contributed by atoms with E-state index in [-0.39, 0.29) is 29.7 Å². The van der Waals surface area contributed by atoms with Crippen molar-refractivity contribution in [3.05, 3.63) is 0 Å². The average Bonchev–Trinajstić information content (AvgIpc) is 2.39. The summed E-state index contributed by atoms with van der Waals surface area (Å²) in [6, 6.07) is -0.280. The number of carbonyl (C=O) groups is 2. The predicted octanol–water partition coefficient (Wildman–Crippen LogP) is 2.36. The molecule has 0 saturated carbocycles. The Morgan fingerprint density at radius 1 is 1.29 bits per heavy atom. The van der Waals surface area contributed by atoms with Crippen LogP contribution in [0.2, 0.25) is 0 Å². The van der Waals surface area contributed by atoms with E-state index in [9.17, 15) is 9.59 Å². The Balaban J connectivity index is 2.44. The van der Waals surface area contributed by atoms with Gasteiger partial charge in [0.15, 0.2) is 0 Å². The van der Waals surface area contributed by atoms with Crippen LogP contribution in [0.15, 0.2) is 0 Å². The molecular weight excluding hydrogens is 240 g/mol. The van der Waals surface area contributed by atoms with Crippen LogP contribution in [-0.2, 0) is 4.79 Å². The standard InChI is InChI=1S/C12H21ClN2O2/c1-12(2)5-3-8-15(9-6-12)11(17)14-10(16)4-7-13/h3-9H2,1-2H3,(H,14,16,17). The Hall–Kier alpha value is -0.770. The SMILES string of the molecule is CC1(C)CCCN(C(=O)NC(=O)CCCl)CC1. The number of imide groups is 1. The van der Waals surface area contributed by atoms with Gasteiger partial charge in [0.2, 0.25) is 5.91 Å². The highest BCUT2D eigenvalue weighted by molar-refractivity contribution is 6.19. The zero-order valence-corrected chi connectivity index (χ0v) is 11.3. The number of amides is 3. The molecule has 0 atom stereocenters. The second kappa shape index (κ2) is 6.24. The molecule has 4 nitrogen and oxygen atoms in total. The third kappa shape index (κ3) is 4.94. The number of hydrogen-bond donors (Lipinski definition) is 1. The summed E-state index contributed by atoms with van der Waals surface area (Å²) in [5.41, 5.74) is 0.287. The molecule has 0 spiro atoms. The van der Waals surface area contributed by atoms with Crippen molar-refractivity contribution in [1.29, 1.82) is 0 Å². The average molecular weight is 261 g/mol. The maximum atomic E-state index is 11.8. The summed E-state index contributed by atoms with van der Waals surface area (Å²) in [5, 5.41) is 2.37. The van der Waals surface area contributed by atoms with E-state index in [1.165, 1.54) is 0 Å². The molecule has 3 amide bonds. The summed E-state index contributed by atoms with van der Waals surface area (Å²) in [4.78, 5) is 24.8. The van der Waals surface area contributed by atoms with Gasteiger partial charge in [-0.2, -0.15) is 0 Å². The molecule has 1 saturated heterocycles. The number of urea groups is 1. The third-order valence-corrected chi connectivity index (χ3v) is 3.38. The number of alkyl halides is 1. The van der Waals surface area contributed by atoms with Crippen molar-refractivity contribution < 1.29 is 9.59 Å². The molecule has 5 heteroatoms. The van der Waals surface area contributed by atoms with Gasteiger partial charge in [-0.15, -0.1) is 11.6 Å². The summed E-state index contributed by atoms with van der Waals surface area (Å²) in [6.45, 7) is 5.87. The first-order valence-electron chi connectivity index (χ1n) is 6.09. The fraction of sp³-hybridized carbons (Fsp3) is 0.833. The van der Waals surface area contributed by atoms with Crippen molar-refractivity contribution in [2.75, 3.05) is 19.0 Å². The molecular formula is C12H21ClN2O2. The van der Waals surface area contributed by atoms with E-state index in [1.807, 2.05) is 0 Å². The molecule has 0 aromatic carbocycles. The van der Waals surface area contributed by atoms with Crippen LogP contribution in [0.25, 0.3) is 0 Å². The number of carbonyl (C=O) groups excluding carboxylic acids is 2. The van der Waals surface area contributed by atoms with E-state index >= 15 is 0 Å². The maximum absolute atomic E-state index is 11.8. The second-order valence-electron chi connectivity index (χ2n) is 5.30.